The van der Waals surface area contributed by atoms with Crippen LogP contribution in [0.15, 0.2) is 48.5 Å². The van der Waals surface area contributed by atoms with Crippen LogP contribution in [0.3, 0.4) is 0 Å². The highest BCUT2D eigenvalue weighted by molar-refractivity contribution is 5.86. The molecule has 1 atom stereocenters. The molecule has 2 aromatic rings. The number of benzene rings is 2. The number of carboxylic acid groups (broad SMARTS) is 1. The van der Waals surface area contributed by atoms with Crippen molar-refractivity contribution in [3.8, 4) is 11.1 Å². The maximum absolute atomic E-state index is 12.2. The van der Waals surface area contributed by atoms with Crippen LogP contribution in [-0.2, 0) is 14.3 Å². The molecule has 0 saturated heterocycles. The molecule has 3 N–H and O–H groups in total. The smallest absolute Gasteiger partial charge is 0.407 e. The van der Waals surface area contributed by atoms with E-state index in [1.165, 1.54) is 20.8 Å². The lowest BCUT2D eigenvalue weighted by Crippen LogP contribution is -2.48. The topological polar surface area (TPSA) is 105 Å². The van der Waals surface area contributed by atoms with Gasteiger partial charge in [0.15, 0.2) is 0 Å². The van der Waals surface area contributed by atoms with Crippen LogP contribution in [0.5, 0.6) is 0 Å². The lowest BCUT2D eigenvalue weighted by molar-refractivity contribution is -0.146. The molecule has 0 saturated carbocycles. The molecule has 7 heteroatoms. The third-order valence-corrected chi connectivity index (χ3v) is 5.35. The molecule has 30 heavy (non-hydrogen) atoms. The minimum absolute atomic E-state index is 0.0438. The number of carbonyl (C=O) groups excluding carboxylic acids is 2. The Kier molecular flexibility index (Phi) is 6.10. The standard InChI is InChI=1S/C23H26N2O5/c1-14(20(26)24-13-23(2,3)21(27)28)25-22(29)30-12-19-17-10-6-4-8-15(17)16-9-5-7-11-18(16)19/h4-11,14,19H,12-13H2,1-3H3,(H,24,26)(H,25,29)(H,27,28)/t14-/m0/s1. The van der Waals surface area contributed by atoms with Crippen molar-refractivity contribution in [2.45, 2.75) is 32.7 Å². The molecule has 2 aromatic carbocycles. The summed E-state index contributed by atoms with van der Waals surface area (Å²) in [6, 6.07) is 15.2. The van der Waals surface area contributed by atoms with Gasteiger partial charge in [-0.15, -0.1) is 0 Å². The molecule has 3 rings (SSSR count). The number of carboxylic acids is 1. The maximum Gasteiger partial charge on any atom is 0.407 e. The number of amides is 2. The van der Waals surface area contributed by atoms with Gasteiger partial charge in [0.1, 0.15) is 12.6 Å². The van der Waals surface area contributed by atoms with Crippen LogP contribution in [0.2, 0.25) is 0 Å². The van der Waals surface area contributed by atoms with Crippen molar-refractivity contribution in [3.63, 3.8) is 0 Å². The molecular weight excluding hydrogens is 384 g/mol. The van der Waals surface area contributed by atoms with Crippen LogP contribution >= 0.6 is 0 Å². The molecule has 0 fully saturated rings. The number of ether oxygens (including phenoxy) is 1. The highest BCUT2D eigenvalue weighted by Gasteiger charge is 2.30. The number of nitrogens with one attached hydrogen (secondary N) is 2. The highest BCUT2D eigenvalue weighted by Crippen LogP contribution is 2.44. The van der Waals surface area contributed by atoms with Gasteiger partial charge in [0.25, 0.3) is 0 Å². The molecule has 0 spiro atoms. The quantitative estimate of drug-likeness (QED) is 0.650. The summed E-state index contributed by atoms with van der Waals surface area (Å²) in [5.41, 5.74) is 3.38. The average Bonchev–Trinajstić information content (AvgIpc) is 3.04. The Hall–Kier alpha value is -3.35. The van der Waals surface area contributed by atoms with Crippen molar-refractivity contribution in [1.82, 2.24) is 10.6 Å². The van der Waals surface area contributed by atoms with E-state index in [1.807, 2.05) is 36.4 Å². The van der Waals surface area contributed by atoms with Crippen molar-refractivity contribution >= 4 is 18.0 Å². The summed E-state index contributed by atoms with van der Waals surface area (Å²) in [6.07, 6.45) is -0.697. The van der Waals surface area contributed by atoms with E-state index in [4.69, 9.17) is 9.84 Å². The van der Waals surface area contributed by atoms with E-state index in [9.17, 15) is 14.4 Å². The molecule has 0 aliphatic heterocycles. The van der Waals surface area contributed by atoms with Gasteiger partial charge in [0.05, 0.1) is 5.41 Å². The van der Waals surface area contributed by atoms with E-state index in [2.05, 4.69) is 22.8 Å². The van der Waals surface area contributed by atoms with E-state index >= 15 is 0 Å². The minimum atomic E-state index is -1.10. The van der Waals surface area contributed by atoms with Gasteiger partial charge < -0.3 is 20.5 Å². The van der Waals surface area contributed by atoms with Gasteiger partial charge in [0, 0.05) is 12.5 Å². The summed E-state index contributed by atoms with van der Waals surface area (Å²) in [5, 5.41) is 14.1. The van der Waals surface area contributed by atoms with Crippen LogP contribution in [0.1, 0.15) is 37.8 Å². The van der Waals surface area contributed by atoms with E-state index in [-0.39, 0.29) is 19.1 Å². The first-order valence-electron chi connectivity index (χ1n) is 9.83. The zero-order chi connectivity index (χ0) is 21.9. The van der Waals surface area contributed by atoms with E-state index in [0.29, 0.717) is 0 Å². The SMILES string of the molecule is C[C@H](NC(=O)OCC1c2ccccc2-c2ccccc21)C(=O)NCC(C)(C)C(=O)O. The van der Waals surface area contributed by atoms with Gasteiger partial charge in [-0.3, -0.25) is 9.59 Å². The fraction of sp³-hybridized carbons (Fsp3) is 0.348. The summed E-state index contributed by atoms with van der Waals surface area (Å²) in [6.45, 7) is 4.65. The molecule has 1 aliphatic carbocycles. The molecule has 0 radical (unpaired) electrons. The van der Waals surface area contributed by atoms with Crippen LogP contribution in [-0.4, -0.2) is 42.3 Å². The molecule has 0 unspecified atom stereocenters. The number of hydrogen-bond donors (Lipinski definition) is 3. The Labute approximate surface area is 175 Å². The zero-order valence-electron chi connectivity index (χ0n) is 17.3. The first-order chi connectivity index (χ1) is 14.2. The Morgan fingerprint density at radius 3 is 2.10 bits per heavy atom. The van der Waals surface area contributed by atoms with Gasteiger partial charge in [-0.25, -0.2) is 4.79 Å². The summed E-state index contributed by atoms with van der Waals surface area (Å²) in [7, 11) is 0. The van der Waals surface area contributed by atoms with Crippen molar-refractivity contribution < 1.29 is 24.2 Å². The second-order valence-electron chi connectivity index (χ2n) is 8.10. The van der Waals surface area contributed by atoms with Crippen LogP contribution in [0, 0.1) is 5.41 Å². The number of aliphatic carboxylic acids is 1. The largest absolute Gasteiger partial charge is 0.481 e. The second kappa shape index (κ2) is 8.57. The van der Waals surface area contributed by atoms with Gasteiger partial charge in [-0.05, 0) is 43.0 Å². The molecule has 1 aliphatic rings. The minimum Gasteiger partial charge on any atom is -0.481 e. The number of rotatable bonds is 7. The lowest BCUT2D eigenvalue weighted by Gasteiger charge is -2.21. The third-order valence-electron chi connectivity index (χ3n) is 5.35. The fourth-order valence-corrected chi connectivity index (χ4v) is 3.42. The fourth-order valence-electron chi connectivity index (χ4n) is 3.42. The Morgan fingerprint density at radius 2 is 1.57 bits per heavy atom. The predicted molar refractivity (Wildman–Crippen MR) is 112 cm³/mol. The molecule has 0 bridgehead atoms. The third kappa shape index (κ3) is 4.45. The first-order valence-corrected chi connectivity index (χ1v) is 9.83. The Morgan fingerprint density at radius 1 is 1.03 bits per heavy atom. The Bertz CT molecular complexity index is 924. The molecular formula is C23H26N2O5. The van der Waals surface area contributed by atoms with E-state index in [1.54, 1.807) is 0 Å². The van der Waals surface area contributed by atoms with Crippen LogP contribution in [0.25, 0.3) is 11.1 Å². The molecule has 7 nitrogen and oxygen atoms in total. The molecule has 0 heterocycles. The summed E-state index contributed by atoms with van der Waals surface area (Å²) in [4.78, 5) is 35.5. The Balaban J connectivity index is 1.56. The summed E-state index contributed by atoms with van der Waals surface area (Å²) in [5.74, 6) is -1.55. The van der Waals surface area contributed by atoms with Gasteiger partial charge in [-0.1, -0.05) is 48.5 Å². The highest BCUT2D eigenvalue weighted by atomic mass is 16.5. The number of hydrogen-bond acceptors (Lipinski definition) is 4. The van der Waals surface area contributed by atoms with Crippen molar-refractivity contribution in [2.24, 2.45) is 5.41 Å². The molecule has 2 amide bonds. The molecule has 0 aromatic heterocycles. The van der Waals surface area contributed by atoms with Crippen molar-refractivity contribution in [1.29, 1.82) is 0 Å². The van der Waals surface area contributed by atoms with Gasteiger partial charge >= 0.3 is 12.1 Å². The number of carbonyl (C=O) groups is 3. The normalized spacial score (nSPS) is 13.7. The second-order valence-corrected chi connectivity index (χ2v) is 8.10. The maximum atomic E-state index is 12.2. The zero-order valence-corrected chi connectivity index (χ0v) is 17.3. The number of alkyl carbamates (subject to hydrolysis) is 1. The molecule has 158 valence electrons. The number of fused-ring (bicyclic) bond motifs is 3. The van der Waals surface area contributed by atoms with Gasteiger partial charge in [0.2, 0.25) is 5.91 Å². The average molecular weight is 410 g/mol. The predicted octanol–water partition coefficient (Wildman–Crippen LogP) is 3.14. The van der Waals surface area contributed by atoms with E-state index < -0.39 is 29.4 Å². The van der Waals surface area contributed by atoms with Crippen LogP contribution < -0.4 is 10.6 Å². The van der Waals surface area contributed by atoms with Gasteiger partial charge in [-0.2, -0.15) is 0 Å². The van der Waals surface area contributed by atoms with Crippen molar-refractivity contribution in [2.75, 3.05) is 13.2 Å². The summed E-state index contributed by atoms with van der Waals surface area (Å²) >= 11 is 0. The summed E-state index contributed by atoms with van der Waals surface area (Å²) < 4.78 is 5.42. The van der Waals surface area contributed by atoms with E-state index in [0.717, 1.165) is 22.3 Å². The monoisotopic (exact) mass is 410 g/mol. The van der Waals surface area contributed by atoms with Crippen molar-refractivity contribution in [3.05, 3.63) is 59.7 Å². The van der Waals surface area contributed by atoms with Crippen LogP contribution in [0.4, 0.5) is 4.79 Å². The first kappa shape index (κ1) is 21.4. The lowest BCUT2D eigenvalue weighted by atomic mass is 9.94.